The van der Waals surface area contributed by atoms with Crippen LogP contribution in [0.2, 0.25) is 0 Å². The largest absolute Gasteiger partial charge is 0.508 e. The molecule has 0 atom stereocenters. The molecular weight excluding hydrogens is 244 g/mol. The second kappa shape index (κ2) is 5.52. The first kappa shape index (κ1) is 13.1. The molecule has 100 valence electrons. The van der Waals surface area contributed by atoms with Crippen LogP contribution in [-0.4, -0.2) is 26.4 Å². The molecule has 2 aromatic carbocycles. The van der Waals surface area contributed by atoms with Crippen molar-refractivity contribution >= 4 is 0 Å². The number of methoxy groups -OCH3 is 3. The highest BCUT2D eigenvalue weighted by Gasteiger charge is 2.16. The molecule has 0 aliphatic heterocycles. The Bertz CT molecular complexity index is 561. The van der Waals surface area contributed by atoms with Gasteiger partial charge in [-0.1, -0.05) is 12.1 Å². The van der Waals surface area contributed by atoms with Gasteiger partial charge >= 0.3 is 0 Å². The predicted octanol–water partition coefficient (Wildman–Crippen LogP) is 3.09. The van der Waals surface area contributed by atoms with Gasteiger partial charge in [-0.3, -0.25) is 0 Å². The van der Waals surface area contributed by atoms with Crippen LogP contribution in [0.5, 0.6) is 23.0 Å². The molecule has 0 unspecified atom stereocenters. The van der Waals surface area contributed by atoms with E-state index in [2.05, 4.69) is 0 Å². The fourth-order valence-corrected chi connectivity index (χ4v) is 1.97. The third-order valence-electron chi connectivity index (χ3n) is 2.88. The Morgan fingerprint density at radius 3 is 1.89 bits per heavy atom. The Balaban J connectivity index is 2.60. The standard InChI is InChI=1S/C15H16O4/c1-17-13-9-8-12(14(18-2)15(13)19-3)10-4-6-11(16)7-5-10/h4-9,16H,1-3H3. The molecule has 2 rings (SSSR count). The predicted molar refractivity (Wildman–Crippen MR) is 73.2 cm³/mol. The molecule has 0 saturated carbocycles. The van der Waals surface area contributed by atoms with E-state index in [4.69, 9.17) is 14.2 Å². The first-order valence-corrected chi connectivity index (χ1v) is 5.79. The van der Waals surface area contributed by atoms with Crippen molar-refractivity contribution in [1.29, 1.82) is 0 Å². The number of hydrogen-bond donors (Lipinski definition) is 1. The maximum atomic E-state index is 9.34. The smallest absolute Gasteiger partial charge is 0.203 e. The Kier molecular flexibility index (Phi) is 3.80. The monoisotopic (exact) mass is 260 g/mol. The minimum absolute atomic E-state index is 0.225. The number of hydrogen-bond acceptors (Lipinski definition) is 4. The first-order chi connectivity index (χ1) is 9.21. The Morgan fingerprint density at radius 1 is 0.737 bits per heavy atom. The maximum Gasteiger partial charge on any atom is 0.203 e. The summed E-state index contributed by atoms with van der Waals surface area (Å²) in [5.41, 5.74) is 1.80. The molecule has 2 aromatic rings. The van der Waals surface area contributed by atoms with E-state index in [1.807, 2.05) is 24.3 Å². The normalized spacial score (nSPS) is 10.1. The van der Waals surface area contributed by atoms with Crippen LogP contribution in [0.3, 0.4) is 0 Å². The van der Waals surface area contributed by atoms with Crippen LogP contribution in [0.15, 0.2) is 36.4 Å². The third kappa shape index (κ3) is 2.42. The highest BCUT2D eigenvalue weighted by atomic mass is 16.5. The van der Waals surface area contributed by atoms with E-state index < -0.39 is 0 Å². The molecule has 0 fully saturated rings. The van der Waals surface area contributed by atoms with Crippen LogP contribution in [0.25, 0.3) is 11.1 Å². The first-order valence-electron chi connectivity index (χ1n) is 5.79. The zero-order chi connectivity index (χ0) is 13.8. The molecule has 0 aliphatic carbocycles. The van der Waals surface area contributed by atoms with Crippen LogP contribution in [-0.2, 0) is 0 Å². The van der Waals surface area contributed by atoms with E-state index in [1.54, 1.807) is 33.5 Å². The average Bonchev–Trinajstić information content (AvgIpc) is 2.46. The third-order valence-corrected chi connectivity index (χ3v) is 2.88. The topological polar surface area (TPSA) is 47.9 Å². The maximum absolute atomic E-state index is 9.34. The number of aromatic hydroxyl groups is 1. The summed E-state index contributed by atoms with van der Waals surface area (Å²) < 4.78 is 16.0. The van der Waals surface area contributed by atoms with Gasteiger partial charge in [-0.05, 0) is 29.8 Å². The fourth-order valence-electron chi connectivity index (χ4n) is 1.97. The Labute approximate surface area is 112 Å². The van der Waals surface area contributed by atoms with E-state index in [0.29, 0.717) is 17.2 Å². The quantitative estimate of drug-likeness (QED) is 0.917. The van der Waals surface area contributed by atoms with E-state index in [0.717, 1.165) is 11.1 Å². The molecule has 0 heterocycles. The van der Waals surface area contributed by atoms with Gasteiger partial charge in [0.05, 0.1) is 21.3 Å². The summed E-state index contributed by atoms with van der Waals surface area (Å²) >= 11 is 0. The van der Waals surface area contributed by atoms with Crippen LogP contribution in [0, 0.1) is 0 Å². The van der Waals surface area contributed by atoms with Gasteiger partial charge in [0, 0.05) is 5.56 Å². The lowest BCUT2D eigenvalue weighted by atomic mass is 10.0. The lowest BCUT2D eigenvalue weighted by Crippen LogP contribution is -1.96. The van der Waals surface area contributed by atoms with E-state index in [1.165, 1.54) is 0 Å². The van der Waals surface area contributed by atoms with Crippen LogP contribution in [0.1, 0.15) is 0 Å². The highest BCUT2D eigenvalue weighted by molar-refractivity contribution is 5.76. The van der Waals surface area contributed by atoms with Gasteiger partial charge < -0.3 is 19.3 Å². The highest BCUT2D eigenvalue weighted by Crippen LogP contribution is 2.44. The number of benzene rings is 2. The summed E-state index contributed by atoms with van der Waals surface area (Å²) in [7, 11) is 4.74. The number of ether oxygens (including phenoxy) is 3. The molecule has 4 heteroatoms. The molecule has 19 heavy (non-hydrogen) atoms. The number of phenols is 1. The molecule has 0 bridgehead atoms. The van der Waals surface area contributed by atoms with Gasteiger partial charge in [0.2, 0.25) is 5.75 Å². The summed E-state index contributed by atoms with van der Waals surface area (Å²) in [6.07, 6.45) is 0. The van der Waals surface area contributed by atoms with Gasteiger partial charge in [0.15, 0.2) is 11.5 Å². The molecule has 4 nitrogen and oxygen atoms in total. The van der Waals surface area contributed by atoms with E-state index >= 15 is 0 Å². The van der Waals surface area contributed by atoms with Gasteiger partial charge in [0.25, 0.3) is 0 Å². The Hall–Kier alpha value is -2.36. The van der Waals surface area contributed by atoms with Crippen molar-refractivity contribution in [2.24, 2.45) is 0 Å². The zero-order valence-electron chi connectivity index (χ0n) is 11.1. The fraction of sp³-hybridized carbons (Fsp3) is 0.200. The average molecular weight is 260 g/mol. The van der Waals surface area contributed by atoms with Gasteiger partial charge in [-0.2, -0.15) is 0 Å². The van der Waals surface area contributed by atoms with Crippen LogP contribution >= 0.6 is 0 Å². The van der Waals surface area contributed by atoms with Gasteiger partial charge in [0.1, 0.15) is 5.75 Å². The lowest BCUT2D eigenvalue weighted by Gasteiger charge is -2.15. The SMILES string of the molecule is COc1ccc(-c2ccc(O)cc2)c(OC)c1OC. The van der Waals surface area contributed by atoms with Crippen molar-refractivity contribution in [1.82, 2.24) is 0 Å². The van der Waals surface area contributed by atoms with Gasteiger partial charge in [-0.15, -0.1) is 0 Å². The van der Waals surface area contributed by atoms with Gasteiger partial charge in [-0.25, -0.2) is 0 Å². The molecule has 0 amide bonds. The molecule has 1 N–H and O–H groups in total. The van der Waals surface area contributed by atoms with Crippen molar-refractivity contribution in [3.05, 3.63) is 36.4 Å². The van der Waals surface area contributed by atoms with Crippen molar-refractivity contribution < 1.29 is 19.3 Å². The van der Waals surface area contributed by atoms with Crippen molar-refractivity contribution in [2.45, 2.75) is 0 Å². The van der Waals surface area contributed by atoms with Crippen molar-refractivity contribution in [2.75, 3.05) is 21.3 Å². The minimum Gasteiger partial charge on any atom is -0.508 e. The van der Waals surface area contributed by atoms with Crippen LogP contribution in [0.4, 0.5) is 0 Å². The van der Waals surface area contributed by atoms with E-state index in [-0.39, 0.29) is 5.75 Å². The summed E-state index contributed by atoms with van der Waals surface area (Å²) in [5, 5.41) is 9.34. The van der Waals surface area contributed by atoms with E-state index in [9.17, 15) is 5.11 Å². The number of rotatable bonds is 4. The van der Waals surface area contributed by atoms with Crippen molar-refractivity contribution in [3.63, 3.8) is 0 Å². The lowest BCUT2D eigenvalue weighted by molar-refractivity contribution is 0.325. The second-order valence-electron chi connectivity index (χ2n) is 3.93. The molecular formula is C15H16O4. The molecule has 0 saturated heterocycles. The summed E-state index contributed by atoms with van der Waals surface area (Å²) in [6.45, 7) is 0. The minimum atomic E-state index is 0.225. The van der Waals surface area contributed by atoms with Crippen molar-refractivity contribution in [3.8, 4) is 34.1 Å². The number of phenolic OH excluding ortho intramolecular Hbond substituents is 1. The molecule has 0 spiro atoms. The molecule has 0 aliphatic rings. The zero-order valence-corrected chi connectivity index (χ0v) is 11.1. The molecule has 0 aromatic heterocycles. The summed E-state index contributed by atoms with van der Waals surface area (Å²) in [5.74, 6) is 1.99. The Morgan fingerprint density at radius 2 is 1.37 bits per heavy atom. The van der Waals surface area contributed by atoms with Crippen LogP contribution < -0.4 is 14.2 Å². The summed E-state index contributed by atoms with van der Waals surface area (Å²) in [6, 6.07) is 10.6. The second-order valence-corrected chi connectivity index (χ2v) is 3.93. The summed E-state index contributed by atoms with van der Waals surface area (Å²) in [4.78, 5) is 0. The molecule has 0 radical (unpaired) electrons.